The van der Waals surface area contributed by atoms with Crippen molar-refractivity contribution in [2.24, 2.45) is 0 Å². The van der Waals surface area contributed by atoms with Crippen molar-refractivity contribution in [2.75, 3.05) is 0 Å². The van der Waals surface area contributed by atoms with Crippen molar-refractivity contribution in [1.82, 2.24) is 0 Å². The molecule has 0 unspecified atom stereocenters. The van der Waals surface area contributed by atoms with E-state index in [1.807, 2.05) is 0 Å². The van der Waals surface area contributed by atoms with E-state index in [0.717, 1.165) is 0 Å². The Morgan fingerprint density at radius 1 is 0.750 bits per heavy atom. The first-order valence-electron chi connectivity index (χ1n) is 0. The summed E-state index contributed by atoms with van der Waals surface area (Å²) in [6, 6.07) is 0. The first-order valence-corrected chi connectivity index (χ1v) is 0. The molecule has 4 heteroatoms. The minimum absolute atomic E-state index is 0. The van der Waals surface area contributed by atoms with Crippen LogP contribution < -0.4 is 0 Å². The average Bonchev–Trinajstić information content (AvgIpc) is 0. The third kappa shape index (κ3) is 10.2. The van der Waals surface area contributed by atoms with Gasteiger partial charge < -0.3 is 19.0 Å². The molecule has 2 radical (unpaired) electrons. The minimum Gasteiger partial charge on any atom is -2.00 e. The maximum Gasteiger partial charge on any atom is 2.00 e. The van der Waals surface area contributed by atoms with E-state index in [4.69, 9.17) is 0 Å². The Morgan fingerprint density at radius 3 is 0.750 bits per heavy atom. The molecule has 0 N–H and O–H groups in total. The van der Waals surface area contributed by atoms with Crippen LogP contribution in [0.3, 0.4) is 0 Å². The van der Waals surface area contributed by atoms with Crippen LogP contribution in [0, 0.1) is 0 Å². The van der Waals surface area contributed by atoms with Crippen LogP contribution in [0.1, 0.15) is 0 Å². The van der Waals surface area contributed by atoms with Gasteiger partial charge in [0.15, 0.2) is 0 Å². The molecule has 0 atom stereocenters. The fourth-order valence-electron chi connectivity index (χ4n) is 0. The normalized spacial score (nSPS) is 0. The molecule has 0 aromatic rings. The van der Waals surface area contributed by atoms with Gasteiger partial charge in [-0.25, -0.2) is 0 Å². The number of hydrogen-bond donors (Lipinski definition) is 0. The number of hydrogen-bond acceptors (Lipinski definition) is 0. The van der Waals surface area contributed by atoms with E-state index in [1.54, 1.807) is 0 Å². The van der Waals surface area contributed by atoms with Crippen LogP contribution >= 0.6 is 0 Å². The summed E-state index contributed by atoms with van der Waals surface area (Å²) in [5, 5.41) is 0. The molecule has 0 aromatic heterocycles. The maximum atomic E-state index is 0. The van der Waals surface area contributed by atoms with Crippen molar-refractivity contribution in [3.05, 3.63) is 0 Å². The van der Waals surface area contributed by atoms with Gasteiger partial charge in [0.05, 0.1) is 0 Å². The van der Waals surface area contributed by atoms with Gasteiger partial charge in [-0.1, -0.05) is 0 Å². The van der Waals surface area contributed by atoms with Crippen LogP contribution in [0.2, 0.25) is 0 Å². The summed E-state index contributed by atoms with van der Waals surface area (Å²) < 4.78 is 0. The van der Waals surface area contributed by atoms with E-state index in [9.17, 15) is 0 Å². The van der Waals surface area contributed by atoms with E-state index in [0.29, 0.717) is 0 Å². The third-order valence-electron chi connectivity index (χ3n) is 0. The molecule has 0 amide bonds. The molecular formula is Mn2OS. The third-order valence-corrected chi connectivity index (χ3v) is 0. The van der Waals surface area contributed by atoms with Crippen LogP contribution in [0.4, 0.5) is 0 Å². The largest absolute Gasteiger partial charge is 2.00 e. The van der Waals surface area contributed by atoms with Crippen LogP contribution in [0.25, 0.3) is 0 Å². The monoisotopic (exact) mass is 158 g/mol. The van der Waals surface area contributed by atoms with Crippen molar-refractivity contribution in [3.8, 4) is 0 Å². The Kier molecular flexibility index (Phi) is 373. The topological polar surface area (TPSA) is 28.5 Å². The average molecular weight is 158 g/mol. The van der Waals surface area contributed by atoms with Gasteiger partial charge >= 0.3 is 34.1 Å². The second-order valence-electron chi connectivity index (χ2n) is 0. The van der Waals surface area contributed by atoms with Crippen molar-refractivity contribution < 1.29 is 39.6 Å². The summed E-state index contributed by atoms with van der Waals surface area (Å²) in [5.41, 5.74) is 0. The second kappa shape index (κ2) is 26.8. The standard InChI is InChI=1S/2Mn.O.S/q2*+2;2*-2. The quantitative estimate of drug-likeness (QED) is 0.439. The molecule has 1 nitrogen and oxygen atoms in total. The van der Waals surface area contributed by atoms with Crippen LogP contribution in [0.15, 0.2) is 0 Å². The molecule has 0 saturated carbocycles. The summed E-state index contributed by atoms with van der Waals surface area (Å²) in [5.74, 6) is 0. The molecule has 0 aromatic carbocycles. The minimum atomic E-state index is 0. The van der Waals surface area contributed by atoms with Crippen molar-refractivity contribution in [2.45, 2.75) is 0 Å². The van der Waals surface area contributed by atoms with Gasteiger partial charge in [-0.3, -0.25) is 0 Å². The molecule has 0 spiro atoms. The van der Waals surface area contributed by atoms with E-state index in [1.165, 1.54) is 0 Å². The Labute approximate surface area is 53.2 Å². The van der Waals surface area contributed by atoms with Gasteiger partial charge in [-0.2, -0.15) is 0 Å². The number of rotatable bonds is 0. The van der Waals surface area contributed by atoms with Gasteiger partial charge in [0.1, 0.15) is 0 Å². The second-order valence-corrected chi connectivity index (χ2v) is 0. The molecule has 26 valence electrons. The van der Waals surface area contributed by atoms with Crippen molar-refractivity contribution in [1.29, 1.82) is 0 Å². The molecule has 4 heavy (non-hydrogen) atoms. The van der Waals surface area contributed by atoms with Crippen LogP contribution in [-0.4, -0.2) is 0 Å². The Balaban J connectivity index is 0. The molecular weight excluding hydrogens is 158 g/mol. The zero-order chi connectivity index (χ0) is 0. The van der Waals surface area contributed by atoms with E-state index < -0.39 is 0 Å². The molecule has 0 aliphatic rings. The summed E-state index contributed by atoms with van der Waals surface area (Å²) >= 11 is 0. The molecule has 0 aliphatic heterocycles. The molecule has 0 heterocycles. The summed E-state index contributed by atoms with van der Waals surface area (Å²) in [4.78, 5) is 0. The van der Waals surface area contributed by atoms with E-state index in [2.05, 4.69) is 0 Å². The molecule has 0 rings (SSSR count). The molecule has 0 saturated heterocycles. The Bertz CT molecular complexity index is 6.00. The van der Waals surface area contributed by atoms with Gasteiger partial charge in [0.2, 0.25) is 0 Å². The predicted molar refractivity (Wildman–Crippen MR) is 8.05 cm³/mol. The van der Waals surface area contributed by atoms with Gasteiger partial charge in [0.25, 0.3) is 0 Å². The van der Waals surface area contributed by atoms with E-state index >= 15 is 0 Å². The summed E-state index contributed by atoms with van der Waals surface area (Å²) in [6.07, 6.45) is 0. The fourth-order valence-corrected chi connectivity index (χ4v) is 0. The zero-order valence-electron chi connectivity index (χ0n) is 1.57. The summed E-state index contributed by atoms with van der Waals surface area (Å²) in [7, 11) is 0. The van der Waals surface area contributed by atoms with Gasteiger partial charge in [-0.15, -0.1) is 0 Å². The SMILES string of the molecule is [Mn+2].[Mn+2].[O-2].[S-2]. The smallest absolute Gasteiger partial charge is 2.00 e. The fraction of sp³-hybridized carbons (Fsp3) is 0. The van der Waals surface area contributed by atoms with Crippen molar-refractivity contribution in [3.63, 3.8) is 0 Å². The molecule has 0 bridgehead atoms. The Morgan fingerprint density at radius 2 is 0.750 bits per heavy atom. The van der Waals surface area contributed by atoms with Gasteiger partial charge in [0, 0.05) is 0 Å². The Hall–Kier alpha value is 1.35. The van der Waals surface area contributed by atoms with E-state index in [-0.39, 0.29) is 53.1 Å². The molecule has 0 fully saturated rings. The summed E-state index contributed by atoms with van der Waals surface area (Å²) in [6.45, 7) is 0. The van der Waals surface area contributed by atoms with Crippen molar-refractivity contribution >= 4 is 13.5 Å². The first kappa shape index (κ1) is 55.6. The zero-order valence-corrected chi connectivity index (χ0v) is 4.75. The maximum absolute atomic E-state index is 0. The van der Waals surface area contributed by atoms with Gasteiger partial charge in [-0.05, 0) is 0 Å². The van der Waals surface area contributed by atoms with Crippen LogP contribution in [0.5, 0.6) is 0 Å². The first-order chi connectivity index (χ1) is 0. The molecule has 0 aliphatic carbocycles. The predicted octanol–water partition coefficient (Wildman–Crippen LogP) is -0.126. The van der Waals surface area contributed by atoms with Crippen LogP contribution in [-0.2, 0) is 53.1 Å².